The lowest BCUT2D eigenvalue weighted by Crippen LogP contribution is -2.45. The van der Waals surface area contributed by atoms with Crippen LogP contribution in [0.15, 0.2) is 18.2 Å². The summed E-state index contributed by atoms with van der Waals surface area (Å²) in [6, 6.07) is 6.69. The number of hydrogen-bond acceptors (Lipinski definition) is 5. The third kappa shape index (κ3) is 3.99. The number of carbonyl (C=O) groups is 2. The standard InChI is InChI=1S/C14H17N3O3/c1-9-5-4-6-12(11(9)7-15)16-8-13(14(19)20-3)17-10(2)18/h4-6,13,16H,8H2,1-3H3,(H,17,18). The second kappa shape index (κ2) is 7.14. The Hall–Kier alpha value is -2.55. The summed E-state index contributed by atoms with van der Waals surface area (Å²) in [7, 11) is 1.25. The van der Waals surface area contributed by atoms with Gasteiger partial charge in [0.1, 0.15) is 12.1 Å². The molecule has 6 nitrogen and oxygen atoms in total. The number of nitrogens with one attached hydrogen (secondary N) is 2. The first-order valence-electron chi connectivity index (χ1n) is 6.08. The number of benzene rings is 1. The molecule has 0 spiro atoms. The van der Waals surface area contributed by atoms with Crippen molar-refractivity contribution < 1.29 is 14.3 Å². The smallest absolute Gasteiger partial charge is 0.330 e. The van der Waals surface area contributed by atoms with Crippen LogP contribution in [0, 0.1) is 18.3 Å². The monoisotopic (exact) mass is 275 g/mol. The molecular weight excluding hydrogens is 258 g/mol. The van der Waals surface area contributed by atoms with Crippen molar-refractivity contribution in [2.45, 2.75) is 19.9 Å². The van der Waals surface area contributed by atoms with E-state index >= 15 is 0 Å². The first kappa shape index (κ1) is 15.5. The van der Waals surface area contributed by atoms with Crippen molar-refractivity contribution in [3.8, 4) is 6.07 Å². The highest BCUT2D eigenvalue weighted by Crippen LogP contribution is 2.18. The Morgan fingerprint density at radius 2 is 2.15 bits per heavy atom. The fourth-order valence-corrected chi connectivity index (χ4v) is 1.76. The zero-order valence-electron chi connectivity index (χ0n) is 11.7. The van der Waals surface area contributed by atoms with Crippen LogP contribution in [0.1, 0.15) is 18.1 Å². The highest BCUT2D eigenvalue weighted by Gasteiger charge is 2.20. The number of carbonyl (C=O) groups excluding carboxylic acids is 2. The van der Waals surface area contributed by atoms with E-state index in [1.54, 1.807) is 6.07 Å². The summed E-state index contributed by atoms with van der Waals surface area (Å²) in [5.74, 6) is -0.870. The summed E-state index contributed by atoms with van der Waals surface area (Å²) in [6.07, 6.45) is 0. The second-order valence-electron chi connectivity index (χ2n) is 4.27. The minimum absolute atomic E-state index is 0.143. The Morgan fingerprint density at radius 1 is 1.45 bits per heavy atom. The minimum Gasteiger partial charge on any atom is -0.467 e. The predicted molar refractivity (Wildman–Crippen MR) is 74.0 cm³/mol. The molecule has 0 heterocycles. The molecule has 1 unspecified atom stereocenters. The molecule has 2 N–H and O–H groups in total. The average Bonchev–Trinajstić information content (AvgIpc) is 2.42. The van der Waals surface area contributed by atoms with Crippen LogP contribution < -0.4 is 10.6 Å². The molecule has 106 valence electrons. The van der Waals surface area contributed by atoms with E-state index in [4.69, 9.17) is 5.26 Å². The number of aryl methyl sites for hydroxylation is 1. The molecule has 1 amide bonds. The summed E-state index contributed by atoms with van der Waals surface area (Å²) in [4.78, 5) is 22.6. The van der Waals surface area contributed by atoms with E-state index in [-0.39, 0.29) is 12.5 Å². The molecule has 1 aromatic rings. The van der Waals surface area contributed by atoms with Crippen molar-refractivity contribution >= 4 is 17.6 Å². The van der Waals surface area contributed by atoms with Crippen LogP contribution >= 0.6 is 0 Å². The summed E-state index contributed by atoms with van der Waals surface area (Å²) >= 11 is 0. The van der Waals surface area contributed by atoms with Gasteiger partial charge in [-0.3, -0.25) is 4.79 Å². The molecule has 0 aliphatic rings. The number of ether oxygens (including phenoxy) is 1. The van der Waals surface area contributed by atoms with E-state index in [1.807, 2.05) is 19.1 Å². The Bertz CT molecular complexity index is 549. The molecule has 0 fully saturated rings. The van der Waals surface area contributed by atoms with E-state index in [0.717, 1.165) is 5.56 Å². The van der Waals surface area contributed by atoms with Crippen molar-refractivity contribution in [3.05, 3.63) is 29.3 Å². The molecule has 0 aromatic heterocycles. The van der Waals surface area contributed by atoms with Crippen LogP contribution in [-0.4, -0.2) is 31.6 Å². The third-order valence-electron chi connectivity index (χ3n) is 2.74. The largest absolute Gasteiger partial charge is 0.467 e. The Labute approximate surface area is 117 Å². The Balaban J connectivity index is 2.83. The lowest BCUT2D eigenvalue weighted by molar-refractivity contribution is -0.144. The van der Waals surface area contributed by atoms with Crippen LogP contribution in [0.3, 0.4) is 0 Å². The number of rotatable bonds is 5. The highest BCUT2D eigenvalue weighted by molar-refractivity contribution is 5.83. The van der Waals surface area contributed by atoms with Gasteiger partial charge in [0.2, 0.25) is 5.91 Å². The molecule has 1 rings (SSSR count). The quantitative estimate of drug-likeness (QED) is 0.781. The number of hydrogen-bond donors (Lipinski definition) is 2. The zero-order valence-corrected chi connectivity index (χ0v) is 11.7. The maximum atomic E-state index is 11.5. The molecular formula is C14H17N3O3. The fourth-order valence-electron chi connectivity index (χ4n) is 1.76. The maximum Gasteiger partial charge on any atom is 0.330 e. The van der Waals surface area contributed by atoms with Crippen LogP contribution in [0.4, 0.5) is 5.69 Å². The van der Waals surface area contributed by atoms with E-state index in [9.17, 15) is 9.59 Å². The summed E-state index contributed by atoms with van der Waals surface area (Å²) in [6.45, 7) is 3.29. The van der Waals surface area contributed by atoms with Gasteiger partial charge in [-0.1, -0.05) is 12.1 Å². The topological polar surface area (TPSA) is 91.2 Å². The molecule has 1 atom stereocenters. The summed E-state index contributed by atoms with van der Waals surface area (Å²) < 4.78 is 4.62. The number of anilines is 1. The van der Waals surface area contributed by atoms with E-state index in [1.165, 1.54) is 14.0 Å². The molecule has 0 saturated carbocycles. The Morgan fingerprint density at radius 3 is 2.70 bits per heavy atom. The van der Waals surface area contributed by atoms with Crippen LogP contribution in [0.25, 0.3) is 0 Å². The van der Waals surface area contributed by atoms with Crippen LogP contribution in [-0.2, 0) is 14.3 Å². The third-order valence-corrected chi connectivity index (χ3v) is 2.74. The SMILES string of the molecule is COC(=O)C(CNc1cccc(C)c1C#N)NC(C)=O. The van der Waals surface area contributed by atoms with Crippen molar-refractivity contribution in [2.75, 3.05) is 19.0 Å². The van der Waals surface area contributed by atoms with E-state index in [0.29, 0.717) is 11.3 Å². The van der Waals surface area contributed by atoms with Gasteiger partial charge < -0.3 is 15.4 Å². The number of methoxy groups -OCH3 is 1. The molecule has 1 aromatic carbocycles. The first-order valence-corrected chi connectivity index (χ1v) is 6.08. The van der Waals surface area contributed by atoms with Crippen molar-refractivity contribution in [1.29, 1.82) is 5.26 Å². The number of esters is 1. The normalized spacial score (nSPS) is 11.1. The molecule has 0 bridgehead atoms. The maximum absolute atomic E-state index is 11.5. The average molecular weight is 275 g/mol. The van der Waals surface area contributed by atoms with Gasteiger partial charge in [-0.05, 0) is 18.6 Å². The molecule has 0 saturated heterocycles. The van der Waals surface area contributed by atoms with Gasteiger partial charge in [0.25, 0.3) is 0 Å². The van der Waals surface area contributed by atoms with Gasteiger partial charge in [0.05, 0.1) is 18.4 Å². The van der Waals surface area contributed by atoms with Crippen molar-refractivity contribution in [3.63, 3.8) is 0 Å². The minimum atomic E-state index is -0.801. The molecule has 0 aliphatic carbocycles. The molecule has 0 aliphatic heterocycles. The number of nitriles is 1. The van der Waals surface area contributed by atoms with Gasteiger partial charge in [-0.2, -0.15) is 5.26 Å². The highest BCUT2D eigenvalue weighted by atomic mass is 16.5. The number of nitrogens with zero attached hydrogens (tertiary/aromatic N) is 1. The van der Waals surface area contributed by atoms with Gasteiger partial charge in [-0.15, -0.1) is 0 Å². The lowest BCUT2D eigenvalue weighted by atomic mass is 10.1. The summed E-state index contributed by atoms with van der Waals surface area (Å²) in [5.41, 5.74) is 1.97. The summed E-state index contributed by atoms with van der Waals surface area (Å²) in [5, 5.41) is 14.6. The molecule has 0 radical (unpaired) electrons. The van der Waals surface area contributed by atoms with E-state index < -0.39 is 12.0 Å². The lowest BCUT2D eigenvalue weighted by Gasteiger charge is -2.17. The molecule has 6 heteroatoms. The van der Waals surface area contributed by atoms with Crippen LogP contribution in [0.2, 0.25) is 0 Å². The fraction of sp³-hybridized carbons (Fsp3) is 0.357. The predicted octanol–water partition coefficient (Wildman–Crippen LogP) is 0.956. The zero-order chi connectivity index (χ0) is 15.1. The van der Waals surface area contributed by atoms with Crippen molar-refractivity contribution in [1.82, 2.24) is 5.32 Å². The van der Waals surface area contributed by atoms with Gasteiger partial charge >= 0.3 is 5.97 Å². The molecule has 20 heavy (non-hydrogen) atoms. The van der Waals surface area contributed by atoms with Gasteiger partial charge in [0, 0.05) is 13.5 Å². The van der Waals surface area contributed by atoms with Gasteiger partial charge in [0.15, 0.2) is 0 Å². The van der Waals surface area contributed by atoms with Gasteiger partial charge in [-0.25, -0.2) is 4.79 Å². The number of amides is 1. The van der Waals surface area contributed by atoms with Crippen molar-refractivity contribution in [2.24, 2.45) is 0 Å². The second-order valence-corrected chi connectivity index (χ2v) is 4.27. The first-order chi connectivity index (χ1) is 9.49. The Kier molecular flexibility index (Phi) is 5.54. The van der Waals surface area contributed by atoms with E-state index in [2.05, 4.69) is 21.4 Å². The van der Waals surface area contributed by atoms with Crippen LogP contribution in [0.5, 0.6) is 0 Å².